The molecule has 1 heterocycles. The zero-order chi connectivity index (χ0) is 12.8. The molecule has 17 heavy (non-hydrogen) atoms. The molecule has 1 atom stereocenters. The fourth-order valence-electron chi connectivity index (χ4n) is 1.51. The average Bonchev–Trinajstić information content (AvgIpc) is 2.64. The highest BCUT2D eigenvalue weighted by Gasteiger charge is 2.24. The molecule has 0 aromatic heterocycles. The number of hydrogen-bond acceptors (Lipinski definition) is 2. The van der Waals surface area contributed by atoms with Gasteiger partial charge in [-0.05, 0) is 24.0 Å². The van der Waals surface area contributed by atoms with Crippen molar-refractivity contribution in [1.82, 2.24) is 5.32 Å². The molecule has 1 aromatic rings. The standard InChI is InChI=1S/C10H11NO2.C4H10/c1-7-4-2-3-5-8(7)9-6-11-10(12)13-9;1-4(2)3/h2-5,9H,6H2,1H3,(H,11,12);4H,1-3H3. The number of nitrogens with one attached hydrogen (secondary N) is 1. The van der Waals surface area contributed by atoms with E-state index in [9.17, 15) is 4.79 Å². The molecule has 1 aliphatic rings. The first-order chi connectivity index (χ1) is 8.00. The van der Waals surface area contributed by atoms with Crippen LogP contribution >= 0.6 is 0 Å². The topological polar surface area (TPSA) is 38.3 Å². The van der Waals surface area contributed by atoms with E-state index in [4.69, 9.17) is 4.74 Å². The maximum absolute atomic E-state index is 10.8. The molecule has 0 spiro atoms. The number of carbonyl (C=O) groups is 1. The van der Waals surface area contributed by atoms with Gasteiger partial charge in [0.1, 0.15) is 6.10 Å². The average molecular weight is 235 g/mol. The number of hydrogen-bond donors (Lipinski definition) is 1. The van der Waals surface area contributed by atoms with Crippen LogP contribution in [0, 0.1) is 12.8 Å². The number of ether oxygens (including phenoxy) is 1. The molecule has 1 aliphatic heterocycles. The second-order valence-corrected chi connectivity index (χ2v) is 4.86. The minimum absolute atomic E-state index is 0.117. The Labute approximate surface area is 103 Å². The number of carbonyl (C=O) groups excluding carboxylic acids is 1. The minimum atomic E-state index is -0.326. The summed E-state index contributed by atoms with van der Waals surface area (Å²) in [7, 11) is 0. The van der Waals surface area contributed by atoms with E-state index in [0.29, 0.717) is 6.54 Å². The predicted octanol–water partition coefficient (Wildman–Crippen LogP) is 3.44. The molecule has 2 rings (SSSR count). The van der Waals surface area contributed by atoms with Crippen LogP contribution < -0.4 is 5.32 Å². The number of alkyl carbamates (subject to hydrolysis) is 1. The highest BCUT2D eigenvalue weighted by Crippen LogP contribution is 2.23. The highest BCUT2D eigenvalue weighted by molar-refractivity contribution is 5.69. The van der Waals surface area contributed by atoms with E-state index in [2.05, 4.69) is 26.1 Å². The van der Waals surface area contributed by atoms with E-state index in [1.807, 2.05) is 31.2 Å². The molecule has 1 N–H and O–H groups in total. The molecule has 0 saturated carbocycles. The van der Waals surface area contributed by atoms with Crippen LogP contribution in [-0.4, -0.2) is 12.6 Å². The zero-order valence-electron chi connectivity index (χ0n) is 11.0. The van der Waals surface area contributed by atoms with Crippen molar-refractivity contribution in [2.75, 3.05) is 6.54 Å². The Morgan fingerprint density at radius 3 is 2.35 bits per heavy atom. The minimum Gasteiger partial charge on any atom is -0.439 e. The maximum Gasteiger partial charge on any atom is 0.407 e. The second kappa shape index (κ2) is 6.28. The third-order valence-corrected chi connectivity index (χ3v) is 2.22. The van der Waals surface area contributed by atoms with Crippen LogP contribution in [0.15, 0.2) is 24.3 Å². The van der Waals surface area contributed by atoms with Gasteiger partial charge in [0, 0.05) is 0 Å². The van der Waals surface area contributed by atoms with Crippen molar-refractivity contribution in [3.05, 3.63) is 35.4 Å². The van der Waals surface area contributed by atoms with E-state index in [-0.39, 0.29) is 12.2 Å². The lowest BCUT2D eigenvalue weighted by molar-refractivity contribution is 0.141. The highest BCUT2D eigenvalue weighted by atomic mass is 16.6. The van der Waals surface area contributed by atoms with Crippen molar-refractivity contribution in [3.8, 4) is 0 Å². The van der Waals surface area contributed by atoms with Crippen LogP contribution in [0.1, 0.15) is 38.0 Å². The summed E-state index contributed by atoms with van der Waals surface area (Å²) >= 11 is 0. The van der Waals surface area contributed by atoms with E-state index in [1.54, 1.807) is 0 Å². The van der Waals surface area contributed by atoms with E-state index < -0.39 is 0 Å². The van der Waals surface area contributed by atoms with Gasteiger partial charge in [-0.25, -0.2) is 4.79 Å². The van der Waals surface area contributed by atoms with Crippen molar-refractivity contribution < 1.29 is 9.53 Å². The van der Waals surface area contributed by atoms with Crippen molar-refractivity contribution in [3.63, 3.8) is 0 Å². The molecule has 3 nitrogen and oxygen atoms in total. The fraction of sp³-hybridized carbons (Fsp3) is 0.500. The number of rotatable bonds is 1. The van der Waals surface area contributed by atoms with Gasteiger partial charge in [0.05, 0.1) is 6.54 Å². The summed E-state index contributed by atoms with van der Waals surface area (Å²) in [5.41, 5.74) is 2.24. The number of benzene rings is 1. The normalized spacial score (nSPS) is 18.2. The Morgan fingerprint density at radius 1 is 1.29 bits per heavy atom. The van der Waals surface area contributed by atoms with Crippen LogP contribution in [0.2, 0.25) is 0 Å². The Balaban J connectivity index is 0.000000317. The molecular formula is C14H21NO2. The number of cyclic esters (lactones) is 1. The lowest BCUT2D eigenvalue weighted by Crippen LogP contribution is -2.12. The van der Waals surface area contributed by atoms with Gasteiger partial charge in [-0.15, -0.1) is 0 Å². The molecule has 1 saturated heterocycles. The SMILES string of the molecule is CC(C)C.Cc1ccccc1C1CNC(=O)O1. The first-order valence-corrected chi connectivity index (χ1v) is 6.00. The van der Waals surface area contributed by atoms with Gasteiger partial charge in [-0.3, -0.25) is 0 Å². The predicted molar refractivity (Wildman–Crippen MR) is 68.9 cm³/mol. The molecule has 0 radical (unpaired) electrons. The molecule has 94 valence electrons. The van der Waals surface area contributed by atoms with Crippen LogP contribution in [0.3, 0.4) is 0 Å². The quantitative estimate of drug-likeness (QED) is 0.809. The van der Waals surface area contributed by atoms with Crippen molar-refractivity contribution in [2.45, 2.75) is 33.8 Å². The van der Waals surface area contributed by atoms with Gasteiger partial charge in [0.15, 0.2) is 0 Å². The Kier molecular flexibility index (Phi) is 5.01. The Morgan fingerprint density at radius 2 is 1.88 bits per heavy atom. The molecule has 1 amide bonds. The first kappa shape index (κ1) is 13.6. The van der Waals surface area contributed by atoms with Crippen LogP contribution in [0.4, 0.5) is 4.79 Å². The molecule has 1 unspecified atom stereocenters. The number of aryl methyl sites for hydroxylation is 1. The first-order valence-electron chi connectivity index (χ1n) is 6.00. The molecule has 3 heteroatoms. The van der Waals surface area contributed by atoms with Crippen LogP contribution in [0.5, 0.6) is 0 Å². The lowest BCUT2D eigenvalue weighted by Gasteiger charge is -2.10. The molecule has 1 fully saturated rings. The van der Waals surface area contributed by atoms with Gasteiger partial charge >= 0.3 is 6.09 Å². The summed E-state index contributed by atoms with van der Waals surface area (Å²) in [5.74, 6) is 0.833. The van der Waals surface area contributed by atoms with Gasteiger partial charge < -0.3 is 10.1 Å². The van der Waals surface area contributed by atoms with Gasteiger partial charge in [-0.1, -0.05) is 45.0 Å². The van der Waals surface area contributed by atoms with Gasteiger partial charge in [0.25, 0.3) is 0 Å². The summed E-state index contributed by atoms with van der Waals surface area (Å²) in [5, 5.41) is 2.63. The summed E-state index contributed by atoms with van der Waals surface area (Å²) in [6.07, 6.45) is -0.443. The molecular weight excluding hydrogens is 214 g/mol. The monoisotopic (exact) mass is 235 g/mol. The summed E-state index contributed by atoms with van der Waals surface area (Å²) < 4.78 is 5.08. The molecule has 0 bridgehead atoms. The largest absolute Gasteiger partial charge is 0.439 e. The van der Waals surface area contributed by atoms with Gasteiger partial charge in [-0.2, -0.15) is 0 Å². The van der Waals surface area contributed by atoms with E-state index >= 15 is 0 Å². The summed E-state index contributed by atoms with van der Waals surface area (Å²) in [6, 6.07) is 7.93. The van der Waals surface area contributed by atoms with Crippen molar-refractivity contribution >= 4 is 6.09 Å². The Hall–Kier alpha value is -1.51. The van der Waals surface area contributed by atoms with E-state index in [1.165, 1.54) is 0 Å². The van der Waals surface area contributed by atoms with Crippen molar-refractivity contribution in [1.29, 1.82) is 0 Å². The third-order valence-electron chi connectivity index (χ3n) is 2.22. The smallest absolute Gasteiger partial charge is 0.407 e. The zero-order valence-corrected chi connectivity index (χ0v) is 11.0. The number of amides is 1. The fourth-order valence-corrected chi connectivity index (χ4v) is 1.51. The lowest BCUT2D eigenvalue weighted by atomic mass is 10.0. The summed E-state index contributed by atoms with van der Waals surface area (Å²) in [6.45, 7) is 9.09. The molecule has 1 aromatic carbocycles. The van der Waals surface area contributed by atoms with E-state index in [0.717, 1.165) is 17.0 Å². The summed E-state index contributed by atoms with van der Waals surface area (Å²) in [4.78, 5) is 10.8. The van der Waals surface area contributed by atoms with Crippen LogP contribution in [0.25, 0.3) is 0 Å². The Bertz CT molecular complexity index is 371. The third kappa shape index (κ3) is 4.47. The second-order valence-electron chi connectivity index (χ2n) is 4.86. The molecule has 0 aliphatic carbocycles. The van der Waals surface area contributed by atoms with Crippen LogP contribution in [-0.2, 0) is 4.74 Å². The van der Waals surface area contributed by atoms with Gasteiger partial charge in [0.2, 0.25) is 0 Å². The maximum atomic E-state index is 10.8. The van der Waals surface area contributed by atoms with Crippen molar-refractivity contribution in [2.24, 2.45) is 5.92 Å².